The molecule has 4 heterocycles. The van der Waals surface area contributed by atoms with E-state index in [1.807, 2.05) is 30.3 Å². The first-order chi connectivity index (χ1) is 15.6. The van der Waals surface area contributed by atoms with Crippen LogP contribution in [0, 0.1) is 0 Å². The highest BCUT2D eigenvalue weighted by atomic mass is 16.5. The minimum absolute atomic E-state index is 0.0729. The predicted octanol–water partition coefficient (Wildman–Crippen LogP) is 5.04. The van der Waals surface area contributed by atoms with Crippen molar-refractivity contribution < 1.29 is 23.7 Å². The topological polar surface area (TPSA) is 57.2 Å². The number of ether oxygens (including phenoxy) is 4. The van der Waals surface area contributed by atoms with Gasteiger partial charge in [0.2, 0.25) is 5.75 Å². The van der Waals surface area contributed by atoms with Gasteiger partial charge in [-0.15, -0.1) is 0 Å². The van der Waals surface area contributed by atoms with Gasteiger partial charge >= 0.3 is 5.97 Å². The fraction of sp³-hybridized carbons (Fsp3) is 0.500. The van der Waals surface area contributed by atoms with Crippen LogP contribution in [-0.4, -0.2) is 43.8 Å². The Labute approximate surface area is 189 Å². The largest absolute Gasteiger partial charge is 0.493 e. The molecule has 6 rings (SSSR count). The second-order valence-corrected chi connectivity index (χ2v) is 8.99. The van der Waals surface area contributed by atoms with Gasteiger partial charge in [0.25, 0.3) is 0 Å². The first kappa shape index (κ1) is 21.1. The normalized spacial score (nSPS) is 25.6. The molecule has 0 aromatic heterocycles. The van der Waals surface area contributed by atoms with Crippen LogP contribution in [0.4, 0.5) is 0 Å². The Hall–Kier alpha value is -2.73. The summed E-state index contributed by atoms with van der Waals surface area (Å²) in [6, 6.07) is 12.5. The third-order valence-electron chi connectivity index (χ3n) is 7.01. The van der Waals surface area contributed by atoms with Gasteiger partial charge in [-0.25, -0.2) is 0 Å². The number of benzene rings is 2. The van der Waals surface area contributed by atoms with Gasteiger partial charge in [0.15, 0.2) is 11.5 Å². The standard InChI is InChI=1S/C26H31NO5/c1-29-23-13-18-14-24(26(23)30-2)31-20-9-6-17(7-10-20)8-11-25(28)32-21-15-19-5-3-4-12-27(19)22(18)16-21/h6-7,9-10,13-14,19,21-22H,3-5,8,11-12,15-16H2,1-2H3/t19-,21+,22-/m0/s1. The fourth-order valence-electron chi connectivity index (χ4n) is 5.45. The molecule has 0 radical (unpaired) electrons. The first-order valence-corrected chi connectivity index (χ1v) is 11.6. The van der Waals surface area contributed by atoms with Crippen LogP contribution in [0.1, 0.15) is 55.7 Å². The maximum Gasteiger partial charge on any atom is 0.306 e. The Kier molecular flexibility index (Phi) is 5.96. The van der Waals surface area contributed by atoms with E-state index in [0.29, 0.717) is 36.1 Å². The van der Waals surface area contributed by atoms with Crippen molar-refractivity contribution in [3.05, 3.63) is 47.5 Å². The molecule has 4 aliphatic heterocycles. The molecule has 0 amide bonds. The van der Waals surface area contributed by atoms with E-state index in [4.69, 9.17) is 18.9 Å². The number of rotatable bonds is 2. The van der Waals surface area contributed by atoms with Crippen molar-refractivity contribution in [2.24, 2.45) is 0 Å². The van der Waals surface area contributed by atoms with Crippen molar-refractivity contribution in [2.45, 2.75) is 63.1 Å². The van der Waals surface area contributed by atoms with Gasteiger partial charge in [0.05, 0.1) is 14.2 Å². The smallest absolute Gasteiger partial charge is 0.306 e. The van der Waals surface area contributed by atoms with Crippen LogP contribution in [0.25, 0.3) is 0 Å². The van der Waals surface area contributed by atoms with Gasteiger partial charge in [0, 0.05) is 31.3 Å². The molecule has 6 bridgehead atoms. The lowest BCUT2D eigenvalue weighted by molar-refractivity contribution is -0.154. The Bertz CT molecular complexity index is 973. The van der Waals surface area contributed by atoms with E-state index in [2.05, 4.69) is 11.0 Å². The summed E-state index contributed by atoms with van der Waals surface area (Å²) in [5, 5.41) is 0. The third kappa shape index (κ3) is 4.16. The number of nitrogens with zero attached hydrogens (tertiary/aromatic N) is 1. The Morgan fingerprint density at radius 2 is 1.84 bits per heavy atom. The summed E-state index contributed by atoms with van der Waals surface area (Å²) in [7, 11) is 3.28. The Balaban J connectivity index is 1.61. The molecule has 0 N–H and O–H groups in total. The molecule has 4 aliphatic rings. The van der Waals surface area contributed by atoms with Crippen molar-refractivity contribution in [3.8, 4) is 23.0 Å². The number of piperidine rings is 2. The number of carbonyl (C=O) groups is 1. The molecule has 170 valence electrons. The summed E-state index contributed by atoms with van der Waals surface area (Å²) in [6.07, 6.45) is 6.24. The molecule has 0 spiro atoms. The van der Waals surface area contributed by atoms with Crippen molar-refractivity contribution in [1.29, 1.82) is 0 Å². The number of hydrogen-bond acceptors (Lipinski definition) is 6. The van der Waals surface area contributed by atoms with Crippen LogP contribution in [0.15, 0.2) is 36.4 Å². The van der Waals surface area contributed by atoms with Gasteiger partial charge in [-0.05, 0) is 61.2 Å². The molecule has 0 aliphatic carbocycles. The van der Waals surface area contributed by atoms with Gasteiger partial charge in [-0.1, -0.05) is 18.6 Å². The van der Waals surface area contributed by atoms with Crippen LogP contribution < -0.4 is 14.2 Å². The molecule has 2 fully saturated rings. The summed E-state index contributed by atoms with van der Waals surface area (Å²) in [4.78, 5) is 15.2. The molecule has 0 unspecified atom stereocenters. The summed E-state index contributed by atoms with van der Waals surface area (Å²) in [6.45, 7) is 1.06. The molecule has 6 nitrogen and oxygen atoms in total. The van der Waals surface area contributed by atoms with Crippen molar-refractivity contribution in [1.82, 2.24) is 4.90 Å². The Morgan fingerprint density at radius 1 is 1.00 bits per heavy atom. The summed E-state index contributed by atoms with van der Waals surface area (Å²) in [5.74, 6) is 2.48. The quantitative estimate of drug-likeness (QED) is 0.614. The van der Waals surface area contributed by atoms with E-state index >= 15 is 0 Å². The highest BCUT2D eigenvalue weighted by Crippen LogP contribution is 2.46. The van der Waals surface area contributed by atoms with E-state index in [1.54, 1.807) is 14.2 Å². The predicted molar refractivity (Wildman–Crippen MR) is 121 cm³/mol. The van der Waals surface area contributed by atoms with E-state index < -0.39 is 0 Å². The average molecular weight is 438 g/mol. The maximum absolute atomic E-state index is 12.7. The SMILES string of the molecule is COc1cc2cc(c1OC)Oc1ccc(cc1)CCC(=O)O[C@@H]1C[C@@H]3CCCCN3[C@H]2C1. The lowest BCUT2D eigenvalue weighted by atomic mass is 9.84. The average Bonchev–Trinajstić information content (AvgIpc) is 2.82. The lowest BCUT2D eigenvalue weighted by Crippen LogP contribution is -2.49. The molecule has 2 aromatic carbocycles. The van der Waals surface area contributed by atoms with Gasteiger partial charge in [-0.2, -0.15) is 0 Å². The highest BCUT2D eigenvalue weighted by molar-refractivity contribution is 5.70. The van der Waals surface area contributed by atoms with Gasteiger partial charge in [-0.3, -0.25) is 9.69 Å². The lowest BCUT2D eigenvalue weighted by Gasteiger charge is -2.47. The summed E-state index contributed by atoms with van der Waals surface area (Å²) < 4.78 is 23.7. The zero-order chi connectivity index (χ0) is 22.1. The van der Waals surface area contributed by atoms with Crippen LogP contribution in [-0.2, 0) is 16.0 Å². The fourth-order valence-corrected chi connectivity index (χ4v) is 5.45. The number of methoxy groups -OCH3 is 2. The van der Waals surface area contributed by atoms with Crippen molar-refractivity contribution in [2.75, 3.05) is 20.8 Å². The van der Waals surface area contributed by atoms with E-state index in [9.17, 15) is 4.79 Å². The minimum atomic E-state index is -0.110. The van der Waals surface area contributed by atoms with E-state index in [1.165, 1.54) is 12.8 Å². The van der Waals surface area contributed by atoms with Crippen LogP contribution in [0.3, 0.4) is 0 Å². The molecule has 2 saturated heterocycles. The molecule has 2 aromatic rings. The number of fused-ring (bicyclic) bond motifs is 6. The molecule has 32 heavy (non-hydrogen) atoms. The van der Waals surface area contributed by atoms with Crippen LogP contribution in [0.2, 0.25) is 0 Å². The monoisotopic (exact) mass is 437 g/mol. The van der Waals surface area contributed by atoms with Gasteiger partial charge < -0.3 is 18.9 Å². The van der Waals surface area contributed by atoms with E-state index in [0.717, 1.165) is 42.7 Å². The number of hydrogen-bond donors (Lipinski definition) is 0. The molecular weight excluding hydrogens is 406 g/mol. The molecule has 0 saturated carbocycles. The molecule has 3 atom stereocenters. The van der Waals surface area contributed by atoms with Gasteiger partial charge in [0.1, 0.15) is 11.9 Å². The molecular formula is C26H31NO5. The second-order valence-electron chi connectivity index (χ2n) is 8.99. The number of esters is 1. The zero-order valence-electron chi connectivity index (χ0n) is 18.8. The summed E-state index contributed by atoms with van der Waals surface area (Å²) >= 11 is 0. The number of carbonyl (C=O) groups excluding carboxylic acids is 1. The van der Waals surface area contributed by atoms with Crippen molar-refractivity contribution in [3.63, 3.8) is 0 Å². The Morgan fingerprint density at radius 3 is 2.62 bits per heavy atom. The summed E-state index contributed by atoms with van der Waals surface area (Å²) in [5.41, 5.74) is 2.19. The maximum atomic E-state index is 12.7. The second kappa shape index (κ2) is 9.02. The van der Waals surface area contributed by atoms with E-state index in [-0.39, 0.29) is 18.1 Å². The third-order valence-corrected chi connectivity index (χ3v) is 7.01. The van der Waals surface area contributed by atoms with Crippen molar-refractivity contribution >= 4 is 5.97 Å². The highest BCUT2D eigenvalue weighted by Gasteiger charge is 2.39. The first-order valence-electron chi connectivity index (χ1n) is 11.6. The zero-order valence-corrected chi connectivity index (χ0v) is 18.8. The van der Waals surface area contributed by atoms with Crippen LogP contribution >= 0.6 is 0 Å². The number of aryl methyl sites for hydroxylation is 1. The molecule has 6 heteroatoms. The minimum Gasteiger partial charge on any atom is -0.493 e. The van der Waals surface area contributed by atoms with Crippen LogP contribution in [0.5, 0.6) is 23.0 Å².